The first-order chi connectivity index (χ1) is 11.5. The van der Waals surface area contributed by atoms with Crippen LogP contribution in [0.2, 0.25) is 0 Å². The van der Waals surface area contributed by atoms with E-state index in [1.807, 2.05) is 25.1 Å². The Morgan fingerprint density at radius 2 is 2.04 bits per heavy atom. The molecule has 0 aliphatic heterocycles. The topological polar surface area (TPSA) is 120 Å². The molecule has 3 rings (SSSR count). The van der Waals surface area contributed by atoms with Gasteiger partial charge in [0.1, 0.15) is 5.82 Å². The van der Waals surface area contributed by atoms with E-state index in [4.69, 9.17) is 11.5 Å². The minimum atomic E-state index is 0.0321. The number of carbonyl (C=O) groups excluding carboxylic acids is 1. The van der Waals surface area contributed by atoms with Gasteiger partial charge in [-0.1, -0.05) is 12.1 Å². The van der Waals surface area contributed by atoms with Gasteiger partial charge in [0.05, 0.1) is 5.39 Å². The number of ketones is 1. The Hall–Kier alpha value is -3.22. The summed E-state index contributed by atoms with van der Waals surface area (Å²) in [6, 6.07) is 7.37. The number of nitrogen functional groups attached to an aromatic ring is 2. The maximum Gasteiger partial charge on any atom is 0.224 e. The highest BCUT2D eigenvalue weighted by Gasteiger charge is 2.11. The summed E-state index contributed by atoms with van der Waals surface area (Å²) in [7, 11) is 0. The SMILES string of the molecule is CC(=O)c1cccc(NCc2cnc3nc(N)nc(N)c3c2C)c1. The lowest BCUT2D eigenvalue weighted by Crippen LogP contribution is -2.07. The average molecular weight is 322 g/mol. The third-order valence-corrected chi connectivity index (χ3v) is 3.89. The fourth-order valence-corrected chi connectivity index (χ4v) is 2.56. The average Bonchev–Trinajstić information content (AvgIpc) is 2.54. The number of Topliss-reactive ketones (excluding diaryl/α,β-unsaturated/α-hetero) is 1. The van der Waals surface area contributed by atoms with Crippen molar-refractivity contribution in [1.29, 1.82) is 0 Å². The van der Waals surface area contributed by atoms with E-state index >= 15 is 0 Å². The van der Waals surface area contributed by atoms with E-state index in [2.05, 4.69) is 20.3 Å². The number of nitrogens with two attached hydrogens (primary N) is 2. The van der Waals surface area contributed by atoms with E-state index in [-0.39, 0.29) is 11.7 Å². The summed E-state index contributed by atoms with van der Waals surface area (Å²) in [6.07, 6.45) is 1.74. The number of anilines is 3. The third kappa shape index (κ3) is 2.96. The molecule has 7 nitrogen and oxygen atoms in total. The largest absolute Gasteiger partial charge is 0.383 e. The van der Waals surface area contributed by atoms with Gasteiger partial charge in [0.2, 0.25) is 5.95 Å². The molecule has 1 aromatic carbocycles. The number of aryl methyl sites for hydroxylation is 1. The van der Waals surface area contributed by atoms with Gasteiger partial charge in [0.25, 0.3) is 0 Å². The summed E-state index contributed by atoms with van der Waals surface area (Å²) in [4.78, 5) is 23.9. The van der Waals surface area contributed by atoms with Gasteiger partial charge < -0.3 is 16.8 Å². The first-order valence-electron chi connectivity index (χ1n) is 7.47. The second-order valence-corrected chi connectivity index (χ2v) is 5.56. The Labute approximate surface area is 139 Å². The van der Waals surface area contributed by atoms with Crippen molar-refractivity contribution in [2.75, 3.05) is 16.8 Å². The number of benzene rings is 1. The van der Waals surface area contributed by atoms with Crippen molar-refractivity contribution in [3.8, 4) is 0 Å². The van der Waals surface area contributed by atoms with Crippen molar-refractivity contribution in [1.82, 2.24) is 15.0 Å². The molecule has 2 heterocycles. The van der Waals surface area contributed by atoms with Crippen molar-refractivity contribution in [3.05, 3.63) is 47.2 Å². The lowest BCUT2D eigenvalue weighted by molar-refractivity contribution is 0.101. The molecular weight excluding hydrogens is 304 g/mol. The summed E-state index contributed by atoms with van der Waals surface area (Å²) >= 11 is 0. The molecule has 0 amide bonds. The zero-order valence-electron chi connectivity index (χ0n) is 13.5. The van der Waals surface area contributed by atoms with Crippen molar-refractivity contribution in [3.63, 3.8) is 0 Å². The van der Waals surface area contributed by atoms with E-state index in [1.54, 1.807) is 19.2 Å². The van der Waals surface area contributed by atoms with Crippen LogP contribution in [0.3, 0.4) is 0 Å². The molecule has 0 saturated heterocycles. The zero-order chi connectivity index (χ0) is 17.3. The molecule has 3 aromatic rings. The van der Waals surface area contributed by atoms with Crippen LogP contribution in [0.5, 0.6) is 0 Å². The molecule has 2 aromatic heterocycles. The molecule has 0 saturated carbocycles. The van der Waals surface area contributed by atoms with Crippen molar-refractivity contribution in [2.45, 2.75) is 20.4 Å². The summed E-state index contributed by atoms with van der Waals surface area (Å²) in [5.74, 6) is 0.464. The number of aromatic nitrogens is 3. The van der Waals surface area contributed by atoms with Crippen molar-refractivity contribution in [2.24, 2.45) is 0 Å². The zero-order valence-corrected chi connectivity index (χ0v) is 13.5. The highest BCUT2D eigenvalue weighted by atomic mass is 16.1. The molecule has 0 radical (unpaired) electrons. The molecule has 0 spiro atoms. The van der Waals surface area contributed by atoms with Crippen molar-refractivity contribution < 1.29 is 4.79 Å². The van der Waals surface area contributed by atoms with Gasteiger partial charge in [0, 0.05) is 24.0 Å². The Kier molecular flexibility index (Phi) is 3.99. The van der Waals surface area contributed by atoms with Crippen molar-refractivity contribution >= 4 is 34.3 Å². The number of fused-ring (bicyclic) bond motifs is 1. The standard InChI is InChI=1S/C17H18N6O/c1-9-12(7-20-13-5-3-4-11(6-13)10(2)24)8-21-16-14(9)15(18)22-17(19)23-16/h3-6,8,20H,7H2,1-2H3,(H4,18,19,21,22,23). The smallest absolute Gasteiger partial charge is 0.224 e. The maximum absolute atomic E-state index is 11.5. The van der Waals surface area contributed by atoms with Crippen LogP contribution in [0.25, 0.3) is 11.0 Å². The van der Waals surface area contributed by atoms with Gasteiger partial charge in [-0.05, 0) is 37.1 Å². The first-order valence-corrected chi connectivity index (χ1v) is 7.47. The second-order valence-electron chi connectivity index (χ2n) is 5.56. The lowest BCUT2D eigenvalue weighted by atomic mass is 10.1. The van der Waals surface area contributed by atoms with Crippen LogP contribution in [0.4, 0.5) is 17.5 Å². The van der Waals surface area contributed by atoms with Gasteiger partial charge in [-0.2, -0.15) is 9.97 Å². The number of hydrogen-bond acceptors (Lipinski definition) is 7. The van der Waals surface area contributed by atoms with E-state index in [0.717, 1.165) is 16.8 Å². The molecule has 0 bridgehead atoms. The number of carbonyl (C=O) groups is 1. The van der Waals surface area contributed by atoms with Gasteiger partial charge in [0.15, 0.2) is 11.4 Å². The summed E-state index contributed by atoms with van der Waals surface area (Å²) in [5.41, 5.74) is 15.5. The molecule has 0 aliphatic carbocycles. The van der Waals surface area contributed by atoms with Crippen LogP contribution in [0.15, 0.2) is 30.5 Å². The summed E-state index contributed by atoms with van der Waals surface area (Å²) < 4.78 is 0. The highest BCUT2D eigenvalue weighted by molar-refractivity contribution is 5.95. The number of nitrogens with zero attached hydrogens (tertiary/aromatic N) is 3. The van der Waals surface area contributed by atoms with Gasteiger partial charge in [-0.25, -0.2) is 4.98 Å². The molecule has 122 valence electrons. The number of rotatable bonds is 4. The number of pyridine rings is 1. The first kappa shape index (κ1) is 15.7. The maximum atomic E-state index is 11.5. The molecule has 24 heavy (non-hydrogen) atoms. The van der Waals surface area contributed by atoms with Crippen LogP contribution < -0.4 is 16.8 Å². The predicted octanol–water partition coefficient (Wildman–Crippen LogP) is 2.31. The summed E-state index contributed by atoms with van der Waals surface area (Å²) in [6.45, 7) is 4.04. The monoisotopic (exact) mass is 322 g/mol. The predicted molar refractivity (Wildman–Crippen MR) is 94.7 cm³/mol. The minimum Gasteiger partial charge on any atom is -0.383 e. The highest BCUT2D eigenvalue weighted by Crippen LogP contribution is 2.24. The van der Waals surface area contributed by atoms with E-state index in [1.165, 1.54) is 0 Å². The molecule has 0 aliphatic rings. The van der Waals surface area contributed by atoms with E-state index < -0.39 is 0 Å². The van der Waals surface area contributed by atoms with Crippen LogP contribution in [-0.2, 0) is 6.54 Å². The van der Waals surface area contributed by atoms with Crippen LogP contribution in [-0.4, -0.2) is 20.7 Å². The Bertz CT molecular complexity index is 938. The Morgan fingerprint density at radius 3 is 2.79 bits per heavy atom. The third-order valence-electron chi connectivity index (χ3n) is 3.89. The molecular formula is C17H18N6O. The fraction of sp³-hybridized carbons (Fsp3) is 0.176. The summed E-state index contributed by atoms with van der Waals surface area (Å²) in [5, 5.41) is 4.00. The molecule has 0 atom stereocenters. The molecule has 7 heteroatoms. The second kappa shape index (κ2) is 6.11. The van der Waals surface area contributed by atoms with Gasteiger partial charge in [-0.15, -0.1) is 0 Å². The molecule has 5 N–H and O–H groups in total. The quantitative estimate of drug-likeness (QED) is 0.630. The van der Waals surface area contributed by atoms with Gasteiger partial charge in [-0.3, -0.25) is 4.79 Å². The number of nitrogens with one attached hydrogen (secondary N) is 1. The molecule has 0 fully saturated rings. The van der Waals surface area contributed by atoms with E-state index in [0.29, 0.717) is 29.0 Å². The fourth-order valence-electron chi connectivity index (χ4n) is 2.56. The Morgan fingerprint density at radius 1 is 1.25 bits per heavy atom. The molecule has 0 unspecified atom stereocenters. The normalized spacial score (nSPS) is 10.8. The minimum absolute atomic E-state index is 0.0321. The van der Waals surface area contributed by atoms with Crippen LogP contribution in [0.1, 0.15) is 28.4 Å². The van der Waals surface area contributed by atoms with Crippen LogP contribution >= 0.6 is 0 Å². The number of hydrogen-bond donors (Lipinski definition) is 3. The van der Waals surface area contributed by atoms with E-state index in [9.17, 15) is 4.79 Å². The lowest BCUT2D eigenvalue weighted by Gasteiger charge is -2.12. The van der Waals surface area contributed by atoms with Gasteiger partial charge >= 0.3 is 0 Å². The van der Waals surface area contributed by atoms with Crippen LogP contribution in [0, 0.1) is 6.92 Å². The Balaban J connectivity index is 1.90.